The van der Waals surface area contributed by atoms with Gasteiger partial charge >= 0.3 is 0 Å². The van der Waals surface area contributed by atoms with Crippen LogP contribution < -0.4 is 0 Å². The van der Waals surface area contributed by atoms with Crippen molar-refractivity contribution >= 4 is 40.3 Å². The number of thioether (sulfide) groups is 1. The van der Waals surface area contributed by atoms with Gasteiger partial charge in [-0.05, 0) is 12.6 Å². The van der Waals surface area contributed by atoms with Crippen molar-refractivity contribution in [2.45, 2.75) is 11.8 Å². The number of piperazine rings is 1. The van der Waals surface area contributed by atoms with Crippen molar-refractivity contribution in [3.05, 3.63) is 33.9 Å². The summed E-state index contributed by atoms with van der Waals surface area (Å²) in [5.74, 6) is 0. The molecule has 1 aliphatic heterocycles. The van der Waals surface area contributed by atoms with E-state index in [0.29, 0.717) is 21.1 Å². The van der Waals surface area contributed by atoms with Gasteiger partial charge in [0.1, 0.15) is 4.32 Å². The number of hydrogen-bond donors (Lipinski definition) is 0. The van der Waals surface area contributed by atoms with Crippen LogP contribution >= 0.6 is 24.0 Å². The van der Waals surface area contributed by atoms with Gasteiger partial charge in [0.2, 0.25) is 0 Å². The number of carbonyl (C=O) groups is 1. The summed E-state index contributed by atoms with van der Waals surface area (Å²) in [6.45, 7) is 6.84. The van der Waals surface area contributed by atoms with E-state index in [0.717, 1.165) is 32.7 Å². The minimum Gasteiger partial charge on any atom is -0.355 e. The Balaban J connectivity index is 2.05. The number of benzene rings is 1. The predicted molar refractivity (Wildman–Crippen MR) is 90.6 cm³/mol. The molecular weight excluding hydrogens is 322 g/mol. The van der Waals surface area contributed by atoms with E-state index in [1.165, 1.54) is 23.9 Å². The molecule has 0 bridgehead atoms. The van der Waals surface area contributed by atoms with Crippen molar-refractivity contribution in [2.75, 3.05) is 32.7 Å². The number of aldehydes is 1. The standard InChI is InChI=1S/C14H17N3O3S2/c1-2-15-5-7-16(8-6-15)14(21)22-13-4-3-12(17(19)20)9-11(13)10-18/h3-4,9-10H,2,5-8H2,1H3. The summed E-state index contributed by atoms with van der Waals surface area (Å²) in [4.78, 5) is 26.5. The number of non-ortho nitro benzene ring substituents is 1. The highest BCUT2D eigenvalue weighted by molar-refractivity contribution is 8.23. The molecule has 118 valence electrons. The Labute approximate surface area is 138 Å². The molecule has 2 rings (SSSR count). The van der Waals surface area contributed by atoms with Gasteiger partial charge in [-0.2, -0.15) is 0 Å². The van der Waals surface area contributed by atoms with Crippen LogP contribution in [0.2, 0.25) is 0 Å². The van der Waals surface area contributed by atoms with Crippen LogP contribution in [-0.4, -0.2) is 58.1 Å². The van der Waals surface area contributed by atoms with Gasteiger partial charge in [0.15, 0.2) is 6.29 Å². The number of hydrogen-bond acceptors (Lipinski definition) is 6. The molecule has 0 N–H and O–H groups in total. The molecule has 8 heteroatoms. The van der Waals surface area contributed by atoms with Crippen molar-refractivity contribution in [1.82, 2.24) is 9.80 Å². The first kappa shape index (κ1) is 16.9. The fourth-order valence-electron chi connectivity index (χ4n) is 2.24. The van der Waals surface area contributed by atoms with Crippen LogP contribution in [-0.2, 0) is 0 Å². The molecule has 0 atom stereocenters. The van der Waals surface area contributed by atoms with E-state index in [1.807, 2.05) is 0 Å². The fourth-order valence-corrected chi connectivity index (χ4v) is 3.55. The molecule has 0 saturated carbocycles. The first-order valence-corrected chi connectivity index (χ1v) is 8.20. The topological polar surface area (TPSA) is 66.7 Å². The Morgan fingerprint density at radius 3 is 2.64 bits per heavy atom. The Hall–Kier alpha value is -1.51. The minimum atomic E-state index is -0.510. The average molecular weight is 339 g/mol. The monoisotopic (exact) mass is 339 g/mol. The largest absolute Gasteiger partial charge is 0.355 e. The Bertz CT molecular complexity index is 587. The zero-order valence-corrected chi connectivity index (χ0v) is 13.9. The summed E-state index contributed by atoms with van der Waals surface area (Å²) in [5.41, 5.74) is 0.211. The Morgan fingerprint density at radius 2 is 2.09 bits per heavy atom. The van der Waals surface area contributed by atoms with E-state index in [2.05, 4.69) is 16.7 Å². The van der Waals surface area contributed by atoms with Crippen LogP contribution in [0, 0.1) is 10.1 Å². The van der Waals surface area contributed by atoms with Gasteiger partial charge in [-0.1, -0.05) is 30.9 Å². The number of thiocarbonyl (C=S) groups is 1. The highest BCUT2D eigenvalue weighted by Gasteiger charge is 2.20. The molecule has 22 heavy (non-hydrogen) atoms. The molecule has 1 fully saturated rings. The van der Waals surface area contributed by atoms with E-state index in [1.54, 1.807) is 6.07 Å². The van der Waals surface area contributed by atoms with Crippen LogP contribution in [0.5, 0.6) is 0 Å². The number of nitro groups is 1. The van der Waals surface area contributed by atoms with E-state index >= 15 is 0 Å². The van der Waals surface area contributed by atoms with E-state index in [4.69, 9.17) is 12.2 Å². The van der Waals surface area contributed by atoms with E-state index in [-0.39, 0.29) is 5.69 Å². The zero-order valence-electron chi connectivity index (χ0n) is 12.2. The third-order valence-corrected chi connectivity index (χ3v) is 5.14. The molecule has 1 heterocycles. The van der Waals surface area contributed by atoms with Crippen molar-refractivity contribution < 1.29 is 9.72 Å². The average Bonchev–Trinajstić information content (AvgIpc) is 2.55. The molecular formula is C14H17N3O3S2. The summed E-state index contributed by atoms with van der Waals surface area (Å²) in [6, 6.07) is 4.26. The maximum atomic E-state index is 11.1. The van der Waals surface area contributed by atoms with Crippen LogP contribution in [0.4, 0.5) is 5.69 Å². The second-order valence-electron chi connectivity index (χ2n) is 4.89. The second-order valence-corrected chi connectivity index (χ2v) is 6.56. The molecule has 0 aromatic heterocycles. The smallest absolute Gasteiger partial charge is 0.270 e. The summed E-state index contributed by atoms with van der Waals surface area (Å²) in [5, 5.41) is 10.8. The third-order valence-electron chi connectivity index (χ3n) is 3.61. The lowest BCUT2D eigenvalue weighted by atomic mass is 10.2. The van der Waals surface area contributed by atoms with Crippen molar-refractivity contribution in [1.29, 1.82) is 0 Å². The van der Waals surface area contributed by atoms with E-state index in [9.17, 15) is 14.9 Å². The van der Waals surface area contributed by atoms with Gasteiger partial charge < -0.3 is 9.80 Å². The molecule has 0 amide bonds. The van der Waals surface area contributed by atoms with Crippen LogP contribution in [0.25, 0.3) is 0 Å². The minimum absolute atomic E-state index is 0.0890. The van der Waals surface area contributed by atoms with Crippen molar-refractivity contribution in [3.63, 3.8) is 0 Å². The summed E-state index contributed by atoms with van der Waals surface area (Å²) in [7, 11) is 0. The maximum Gasteiger partial charge on any atom is 0.270 e. The molecule has 0 spiro atoms. The highest BCUT2D eigenvalue weighted by atomic mass is 32.2. The van der Waals surface area contributed by atoms with Gasteiger partial charge in [0.25, 0.3) is 5.69 Å². The number of rotatable bonds is 4. The lowest BCUT2D eigenvalue weighted by Gasteiger charge is -2.35. The first-order valence-electron chi connectivity index (χ1n) is 6.98. The van der Waals surface area contributed by atoms with E-state index < -0.39 is 4.92 Å². The molecule has 6 nitrogen and oxygen atoms in total. The Morgan fingerprint density at radius 1 is 1.41 bits per heavy atom. The molecule has 1 aromatic rings. The predicted octanol–water partition coefficient (Wildman–Crippen LogP) is 2.42. The van der Waals surface area contributed by atoms with Crippen LogP contribution in [0.15, 0.2) is 23.1 Å². The molecule has 1 saturated heterocycles. The number of nitro benzene ring substituents is 1. The van der Waals surface area contributed by atoms with Gasteiger partial charge in [-0.15, -0.1) is 0 Å². The highest BCUT2D eigenvalue weighted by Crippen LogP contribution is 2.28. The van der Waals surface area contributed by atoms with Gasteiger partial charge in [-0.3, -0.25) is 14.9 Å². The summed E-state index contributed by atoms with van der Waals surface area (Å²) in [6.07, 6.45) is 0.632. The second kappa shape index (κ2) is 7.66. The zero-order chi connectivity index (χ0) is 16.1. The molecule has 0 unspecified atom stereocenters. The number of nitrogens with zero attached hydrogens (tertiary/aromatic N) is 3. The third kappa shape index (κ3) is 4.02. The van der Waals surface area contributed by atoms with Crippen molar-refractivity contribution in [3.8, 4) is 0 Å². The number of carbonyl (C=O) groups excluding carboxylic acids is 1. The molecule has 0 radical (unpaired) electrons. The molecule has 0 aliphatic carbocycles. The lowest BCUT2D eigenvalue weighted by Crippen LogP contribution is -2.47. The molecule has 1 aromatic carbocycles. The van der Waals surface area contributed by atoms with Crippen molar-refractivity contribution in [2.24, 2.45) is 0 Å². The quantitative estimate of drug-likeness (QED) is 0.274. The van der Waals surface area contributed by atoms with Gasteiger partial charge in [-0.25, -0.2) is 0 Å². The summed E-state index contributed by atoms with van der Waals surface area (Å²) >= 11 is 6.76. The summed E-state index contributed by atoms with van der Waals surface area (Å²) < 4.78 is 0.702. The number of likely N-dealkylation sites (N-methyl/N-ethyl adjacent to an activating group) is 1. The lowest BCUT2D eigenvalue weighted by molar-refractivity contribution is -0.384. The van der Waals surface area contributed by atoms with Gasteiger partial charge in [0.05, 0.1) is 4.92 Å². The maximum absolute atomic E-state index is 11.1. The normalized spacial score (nSPS) is 15.6. The fraction of sp³-hybridized carbons (Fsp3) is 0.429. The SMILES string of the molecule is CCN1CCN(C(=S)Sc2ccc([N+](=O)[O-])cc2C=O)CC1. The molecule has 1 aliphatic rings. The van der Waals surface area contributed by atoms with Crippen LogP contribution in [0.1, 0.15) is 17.3 Å². The first-order chi connectivity index (χ1) is 10.5. The Kier molecular flexibility index (Phi) is 5.87. The van der Waals surface area contributed by atoms with Gasteiger partial charge in [0, 0.05) is 48.8 Å². The van der Waals surface area contributed by atoms with Crippen LogP contribution in [0.3, 0.4) is 0 Å².